The molecule has 0 amide bonds. The number of likely N-dealkylation sites (tertiary alicyclic amines) is 1. The summed E-state index contributed by atoms with van der Waals surface area (Å²) in [6.07, 6.45) is 6.64. The summed E-state index contributed by atoms with van der Waals surface area (Å²) in [6.45, 7) is 4.44. The lowest BCUT2D eigenvalue weighted by molar-refractivity contribution is 0.130. The van der Waals surface area contributed by atoms with Crippen LogP contribution in [0.25, 0.3) is 0 Å². The van der Waals surface area contributed by atoms with Crippen molar-refractivity contribution in [3.05, 3.63) is 5.69 Å². The Morgan fingerprint density at radius 1 is 1.47 bits per heavy atom. The van der Waals surface area contributed by atoms with Crippen molar-refractivity contribution >= 4 is 16.5 Å². The van der Waals surface area contributed by atoms with Crippen molar-refractivity contribution < 1.29 is 0 Å². The molecule has 1 saturated heterocycles. The van der Waals surface area contributed by atoms with Crippen LogP contribution in [0.2, 0.25) is 0 Å². The van der Waals surface area contributed by atoms with E-state index in [0.717, 1.165) is 23.3 Å². The highest BCUT2D eigenvalue weighted by atomic mass is 32.1. The molecule has 0 aromatic carbocycles. The predicted octanol–water partition coefficient (Wildman–Crippen LogP) is 2.73. The molecule has 1 aromatic rings. The highest BCUT2D eigenvalue weighted by Gasteiger charge is 2.23. The first kappa shape index (κ1) is 12.8. The van der Waals surface area contributed by atoms with Crippen molar-refractivity contribution in [1.82, 2.24) is 14.5 Å². The molecule has 1 aliphatic heterocycles. The number of anilines is 1. The Balaban J connectivity index is 2.00. The molecule has 0 spiro atoms. The highest BCUT2D eigenvalue weighted by Crippen LogP contribution is 2.25. The van der Waals surface area contributed by atoms with Gasteiger partial charge in [-0.2, -0.15) is 0 Å². The highest BCUT2D eigenvalue weighted by molar-refractivity contribution is 7.10. The van der Waals surface area contributed by atoms with Gasteiger partial charge in [0.1, 0.15) is 10.7 Å². The second-order valence-electron chi connectivity index (χ2n) is 4.71. The van der Waals surface area contributed by atoms with Gasteiger partial charge in [0.25, 0.3) is 0 Å². The fraction of sp³-hybridized carbons (Fsp3) is 0.833. The van der Waals surface area contributed by atoms with E-state index < -0.39 is 0 Å². The van der Waals surface area contributed by atoms with Gasteiger partial charge >= 0.3 is 0 Å². The van der Waals surface area contributed by atoms with E-state index in [2.05, 4.69) is 26.7 Å². The minimum atomic E-state index is 0.750. The predicted molar refractivity (Wildman–Crippen MR) is 72.4 cm³/mol. The average molecular weight is 254 g/mol. The summed E-state index contributed by atoms with van der Waals surface area (Å²) < 4.78 is 4.03. The van der Waals surface area contributed by atoms with Gasteiger partial charge in [0.2, 0.25) is 0 Å². The normalized spacial score (nSPS) is 21.6. The first-order valence-electron chi connectivity index (χ1n) is 6.58. The molecule has 2 heterocycles. The third-order valence-electron chi connectivity index (χ3n) is 3.51. The van der Waals surface area contributed by atoms with Gasteiger partial charge < -0.3 is 5.32 Å². The third-order valence-corrected chi connectivity index (χ3v) is 4.29. The Kier molecular flexibility index (Phi) is 4.74. The minimum Gasteiger partial charge on any atom is -0.377 e. The zero-order chi connectivity index (χ0) is 12.1. The SMILES string of the molecule is CCCC1CCCCN1Cc1nnsc1NC. The third kappa shape index (κ3) is 3.16. The fourth-order valence-corrected chi connectivity index (χ4v) is 3.15. The van der Waals surface area contributed by atoms with Gasteiger partial charge in [-0.25, -0.2) is 0 Å². The Bertz CT molecular complexity index is 337. The summed E-state index contributed by atoms with van der Waals surface area (Å²) in [5.41, 5.74) is 1.11. The second kappa shape index (κ2) is 6.31. The van der Waals surface area contributed by atoms with Crippen molar-refractivity contribution in [1.29, 1.82) is 0 Å². The van der Waals surface area contributed by atoms with Crippen LogP contribution in [-0.4, -0.2) is 34.1 Å². The van der Waals surface area contributed by atoms with Gasteiger partial charge in [0.05, 0.1) is 0 Å². The monoisotopic (exact) mass is 254 g/mol. The van der Waals surface area contributed by atoms with Crippen LogP contribution in [0.5, 0.6) is 0 Å². The maximum Gasteiger partial charge on any atom is 0.134 e. The molecule has 1 atom stereocenters. The maximum atomic E-state index is 4.24. The van der Waals surface area contributed by atoms with Gasteiger partial charge in [-0.3, -0.25) is 4.90 Å². The number of hydrogen-bond donors (Lipinski definition) is 1. The number of nitrogens with one attached hydrogen (secondary N) is 1. The summed E-state index contributed by atoms with van der Waals surface area (Å²) >= 11 is 1.45. The number of nitrogens with zero attached hydrogens (tertiary/aromatic N) is 3. The molecule has 2 rings (SSSR count). The molecule has 1 fully saturated rings. The number of piperidine rings is 1. The lowest BCUT2D eigenvalue weighted by atomic mass is 9.98. The van der Waals surface area contributed by atoms with Crippen LogP contribution < -0.4 is 5.32 Å². The van der Waals surface area contributed by atoms with Crippen LogP contribution in [-0.2, 0) is 6.54 Å². The van der Waals surface area contributed by atoms with Crippen LogP contribution in [0.3, 0.4) is 0 Å². The van der Waals surface area contributed by atoms with Gasteiger partial charge in [-0.15, -0.1) is 5.10 Å². The molecule has 1 unspecified atom stereocenters. The van der Waals surface area contributed by atoms with E-state index in [9.17, 15) is 0 Å². The minimum absolute atomic E-state index is 0.750. The molecule has 0 radical (unpaired) electrons. The number of hydrogen-bond acceptors (Lipinski definition) is 5. The Morgan fingerprint density at radius 2 is 2.35 bits per heavy atom. The lowest BCUT2D eigenvalue weighted by Gasteiger charge is -2.35. The molecule has 1 aromatic heterocycles. The van der Waals surface area contributed by atoms with Crippen molar-refractivity contribution in [3.63, 3.8) is 0 Å². The first-order valence-corrected chi connectivity index (χ1v) is 7.35. The summed E-state index contributed by atoms with van der Waals surface area (Å²) in [6, 6.07) is 0.750. The molecule has 1 N–H and O–H groups in total. The van der Waals surface area contributed by atoms with Crippen molar-refractivity contribution in [3.8, 4) is 0 Å². The summed E-state index contributed by atoms with van der Waals surface area (Å²) in [4.78, 5) is 2.59. The Labute approximate surface area is 108 Å². The van der Waals surface area contributed by atoms with E-state index >= 15 is 0 Å². The summed E-state index contributed by atoms with van der Waals surface area (Å²) in [5.74, 6) is 0. The molecule has 4 nitrogen and oxygen atoms in total. The van der Waals surface area contributed by atoms with Crippen LogP contribution in [0.4, 0.5) is 5.00 Å². The lowest BCUT2D eigenvalue weighted by Crippen LogP contribution is -2.39. The maximum absolute atomic E-state index is 4.24. The van der Waals surface area contributed by atoms with E-state index in [1.165, 1.54) is 50.2 Å². The summed E-state index contributed by atoms with van der Waals surface area (Å²) in [7, 11) is 1.94. The molecule has 96 valence electrons. The van der Waals surface area contributed by atoms with Crippen molar-refractivity contribution in [2.45, 2.75) is 51.6 Å². The van der Waals surface area contributed by atoms with Crippen molar-refractivity contribution in [2.24, 2.45) is 0 Å². The van der Waals surface area contributed by atoms with Gasteiger partial charge in [-0.05, 0) is 25.8 Å². The van der Waals surface area contributed by atoms with Crippen LogP contribution in [0, 0.1) is 0 Å². The van der Waals surface area contributed by atoms with Crippen LogP contribution in [0.1, 0.15) is 44.7 Å². The smallest absolute Gasteiger partial charge is 0.134 e. The zero-order valence-electron chi connectivity index (χ0n) is 10.8. The van der Waals surface area contributed by atoms with Gasteiger partial charge in [-0.1, -0.05) is 24.3 Å². The second-order valence-corrected chi connectivity index (χ2v) is 5.46. The standard InChI is InChI=1S/C12H22N4S/c1-3-6-10-7-4-5-8-16(10)9-11-12(13-2)17-15-14-11/h10,13H,3-9H2,1-2H3. The van der Waals surface area contributed by atoms with Gasteiger partial charge in [0.15, 0.2) is 0 Å². The van der Waals surface area contributed by atoms with E-state index in [1.807, 2.05) is 7.05 Å². The van der Waals surface area contributed by atoms with E-state index in [-0.39, 0.29) is 0 Å². The number of rotatable bonds is 5. The Morgan fingerprint density at radius 3 is 3.12 bits per heavy atom. The quantitative estimate of drug-likeness (QED) is 0.877. The molecule has 1 aliphatic rings. The van der Waals surface area contributed by atoms with E-state index in [1.54, 1.807) is 0 Å². The fourth-order valence-electron chi connectivity index (χ4n) is 2.62. The largest absolute Gasteiger partial charge is 0.377 e. The zero-order valence-corrected chi connectivity index (χ0v) is 11.6. The topological polar surface area (TPSA) is 41.1 Å². The molecule has 0 aliphatic carbocycles. The van der Waals surface area contributed by atoms with Gasteiger partial charge in [0, 0.05) is 31.2 Å². The molecule has 5 heteroatoms. The van der Waals surface area contributed by atoms with E-state index in [4.69, 9.17) is 0 Å². The Hall–Kier alpha value is -0.680. The van der Waals surface area contributed by atoms with Crippen molar-refractivity contribution in [2.75, 3.05) is 18.9 Å². The molecular weight excluding hydrogens is 232 g/mol. The number of aromatic nitrogens is 2. The van der Waals surface area contributed by atoms with Crippen LogP contribution in [0.15, 0.2) is 0 Å². The summed E-state index contributed by atoms with van der Waals surface area (Å²) in [5, 5.41) is 8.54. The van der Waals surface area contributed by atoms with E-state index in [0.29, 0.717) is 0 Å². The first-order chi connectivity index (χ1) is 8.35. The molecular formula is C12H22N4S. The molecule has 17 heavy (non-hydrogen) atoms. The average Bonchev–Trinajstić information content (AvgIpc) is 2.79. The molecule has 0 saturated carbocycles. The molecule has 0 bridgehead atoms. The van der Waals surface area contributed by atoms with Crippen LogP contribution >= 0.6 is 11.5 Å².